The van der Waals surface area contributed by atoms with Crippen LogP contribution in [0.2, 0.25) is 0 Å². The summed E-state index contributed by atoms with van der Waals surface area (Å²) in [6.45, 7) is 0. The van der Waals surface area contributed by atoms with Gasteiger partial charge in [-0.2, -0.15) is 0 Å². The molecule has 1 aromatic carbocycles. The number of rotatable bonds is 1. The Hall–Kier alpha value is -1.26. The Balaban J connectivity index is 2.46. The molecule has 4 heteroatoms. The molecule has 0 amide bonds. The lowest BCUT2D eigenvalue weighted by Crippen LogP contribution is -2.35. The summed E-state index contributed by atoms with van der Waals surface area (Å²) in [5.74, 6) is 0.0562. The Bertz CT molecular complexity index is 378. The van der Waals surface area contributed by atoms with Crippen molar-refractivity contribution >= 4 is 0 Å². The highest BCUT2D eigenvalue weighted by atomic mass is 16.3. The van der Waals surface area contributed by atoms with Crippen molar-refractivity contribution in [2.24, 2.45) is 0 Å². The third-order valence-corrected chi connectivity index (χ3v) is 3.02. The van der Waals surface area contributed by atoms with Gasteiger partial charge >= 0.3 is 0 Å². The second-order valence-corrected chi connectivity index (χ2v) is 3.91. The Morgan fingerprint density at radius 1 is 1.33 bits per heavy atom. The summed E-state index contributed by atoms with van der Waals surface area (Å²) in [6.07, 6.45) is 0.823. The van der Waals surface area contributed by atoms with Gasteiger partial charge in [0.15, 0.2) is 0 Å². The molecule has 0 radical (unpaired) electrons. The molecule has 0 aliphatic heterocycles. The maximum atomic E-state index is 9.99. The van der Waals surface area contributed by atoms with E-state index in [1.54, 1.807) is 7.05 Å². The van der Waals surface area contributed by atoms with Crippen molar-refractivity contribution in [2.45, 2.75) is 25.0 Å². The van der Waals surface area contributed by atoms with Crippen LogP contribution in [-0.4, -0.2) is 28.4 Å². The van der Waals surface area contributed by atoms with E-state index in [1.165, 1.54) is 12.1 Å². The molecule has 0 heterocycles. The normalized spacial score (nSPS) is 24.9. The minimum absolute atomic E-state index is 0.0120. The number of phenols is 2. The van der Waals surface area contributed by atoms with Crippen LogP contribution in [0.4, 0.5) is 0 Å². The fourth-order valence-corrected chi connectivity index (χ4v) is 2.18. The van der Waals surface area contributed by atoms with Gasteiger partial charge in [-0.1, -0.05) is 0 Å². The van der Waals surface area contributed by atoms with E-state index in [9.17, 15) is 15.3 Å². The lowest BCUT2D eigenvalue weighted by Gasteiger charge is -2.30. The van der Waals surface area contributed by atoms with Gasteiger partial charge in [0.05, 0.1) is 6.10 Å². The summed E-state index contributed by atoms with van der Waals surface area (Å²) in [7, 11) is 1.79. The number of aromatic hydroxyl groups is 2. The molecule has 4 N–H and O–H groups in total. The molecule has 1 aliphatic carbocycles. The molecule has 15 heavy (non-hydrogen) atoms. The van der Waals surface area contributed by atoms with Crippen LogP contribution in [0, 0.1) is 0 Å². The van der Waals surface area contributed by atoms with Crippen LogP contribution in [0.1, 0.15) is 23.7 Å². The van der Waals surface area contributed by atoms with E-state index >= 15 is 0 Å². The van der Waals surface area contributed by atoms with Crippen LogP contribution in [-0.2, 0) is 6.42 Å². The smallest absolute Gasteiger partial charge is 0.122 e. The van der Waals surface area contributed by atoms with Crippen LogP contribution in [0.25, 0.3) is 0 Å². The van der Waals surface area contributed by atoms with E-state index < -0.39 is 6.10 Å². The summed E-state index contributed by atoms with van der Waals surface area (Å²) < 4.78 is 0. The quantitative estimate of drug-likeness (QED) is 0.548. The van der Waals surface area contributed by atoms with Crippen LogP contribution in [0.15, 0.2) is 12.1 Å². The number of aliphatic hydroxyl groups is 1. The first-order valence-corrected chi connectivity index (χ1v) is 5.03. The molecular weight excluding hydrogens is 194 g/mol. The molecule has 1 aliphatic rings. The number of benzene rings is 1. The van der Waals surface area contributed by atoms with E-state index in [4.69, 9.17) is 0 Å². The van der Waals surface area contributed by atoms with Gasteiger partial charge in [0.1, 0.15) is 11.5 Å². The Labute approximate surface area is 88.2 Å². The molecule has 1 unspecified atom stereocenters. The molecule has 1 aromatic rings. The number of nitrogens with one attached hydrogen (secondary N) is 1. The number of likely N-dealkylation sites (N-methyl/N-ethyl adjacent to an activating group) is 1. The highest BCUT2D eigenvalue weighted by Gasteiger charge is 2.28. The van der Waals surface area contributed by atoms with Crippen LogP contribution < -0.4 is 5.32 Å². The minimum Gasteiger partial charge on any atom is -0.508 e. The second kappa shape index (κ2) is 3.72. The fraction of sp³-hybridized carbons (Fsp3) is 0.455. The second-order valence-electron chi connectivity index (χ2n) is 3.91. The zero-order chi connectivity index (χ0) is 11.0. The van der Waals surface area contributed by atoms with Gasteiger partial charge in [-0.15, -0.1) is 0 Å². The molecule has 0 spiro atoms. The fourth-order valence-electron chi connectivity index (χ4n) is 2.18. The van der Waals surface area contributed by atoms with Crippen molar-refractivity contribution in [1.29, 1.82) is 0 Å². The van der Waals surface area contributed by atoms with Gasteiger partial charge in [-0.05, 0) is 31.5 Å². The van der Waals surface area contributed by atoms with E-state index in [-0.39, 0.29) is 17.5 Å². The van der Waals surface area contributed by atoms with Crippen LogP contribution in [0.3, 0.4) is 0 Å². The first-order chi connectivity index (χ1) is 7.13. The van der Waals surface area contributed by atoms with Crippen molar-refractivity contribution in [3.63, 3.8) is 0 Å². The predicted molar refractivity (Wildman–Crippen MR) is 55.9 cm³/mol. The zero-order valence-electron chi connectivity index (χ0n) is 8.57. The van der Waals surface area contributed by atoms with Gasteiger partial charge in [0.25, 0.3) is 0 Å². The van der Waals surface area contributed by atoms with Crippen LogP contribution in [0.5, 0.6) is 11.5 Å². The molecule has 2 rings (SSSR count). The van der Waals surface area contributed by atoms with E-state index in [2.05, 4.69) is 5.32 Å². The molecule has 0 aromatic heterocycles. The van der Waals surface area contributed by atoms with Gasteiger partial charge in [-0.25, -0.2) is 0 Å². The largest absolute Gasteiger partial charge is 0.508 e. The van der Waals surface area contributed by atoms with Gasteiger partial charge in [0.2, 0.25) is 0 Å². The minimum atomic E-state index is -0.670. The van der Waals surface area contributed by atoms with E-state index in [0.717, 1.165) is 12.0 Å². The average molecular weight is 209 g/mol. The zero-order valence-corrected chi connectivity index (χ0v) is 8.57. The first-order valence-electron chi connectivity index (χ1n) is 5.03. The SMILES string of the molecule is CNC1CCc2c(O)cc(O)cc2[C@H]1O. The summed E-state index contributed by atoms with van der Waals surface area (Å²) >= 11 is 0. The Kier molecular flexibility index (Phi) is 2.54. The van der Waals surface area contributed by atoms with Crippen molar-refractivity contribution in [2.75, 3.05) is 7.05 Å². The lowest BCUT2D eigenvalue weighted by atomic mass is 9.85. The highest BCUT2D eigenvalue weighted by molar-refractivity contribution is 5.48. The maximum Gasteiger partial charge on any atom is 0.122 e. The maximum absolute atomic E-state index is 9.99. The van der Waals surface area contributed by atoms with Crippen molar-refractivity contribution in [3.8, 4) is 11.5 Å². The number of hydrogen-bond acceptors (Lipinski definition) is 4. The standard InChI is InChI=1S/C11H15NO3/c1-12-9-3-2-7-8(11(9)15)4-6(13)5-10(7)14/h4-5,9,11-15H,2-3H2,1H3/t9?,11-/m1/s1. The van der Waals surface area contributed by atoms with Crippen molar-refractivity contribution in [3.05, 3.63) is 23.3 Å². The van der Waals surface area contributed by atoms with E-state index in [0.29, 0.717) is 12.0 Å². The molecule has 0 fully saturated rings. The number of hydrogen-bond donors (Lipinski definition) is 4. The highest BCUT2D eigenvalue weighted by Crippen LogP contribution is 2.37. The third-order valence-electron chi connectivity index (χ3n) is 3.02. The summed E-state index contributed by atoms with van der Waals surface area (Å²) in [6, 6.07) is 2.81. The molecule has 0 bridgehead atoms. The van der Waals surface area contributed by atoms with Gasteiger partial charge in [-0.3, -0.25) is 0 Å². The third kappa shape index (κ3) is 1.66. The first kappa shape index (κ1) is 10.3. The summed E-state index contributed by atoms with van der Waals surface area (Å²) in [5, 5.41) is 32.0. The van der Waals surface area contributed by atoms with E-state index in [1.807, 2.05) is 0 Å². The summed E-state index contributed by atoms with van der Waals surface area (Å²) in [5.41, 5.74) is 1.37. The topological polar surface area (TPSA) is 72.7 Å². The Morgan fingerprint density at radius 2 is 2.07 bits per heavy atom. The average Bonchev–Trinajstić information content (AvgIpc) is 2.19. The summed E-state index contributed by atoms with van der Waals surface area (Å²) in [4.78, 5) is 0. The number of aliphatic hydroxyl groups excluding tert-OH is 1. The van der Waals surface area contributed by atoms with Crippen LogP contribution >= 0.6 is 0 Å². The van der Waals surface area contributed by atoms with Gasteiger partial charge < -0.3 is 20.6 Å². The van der Waals surface area contributed by atoms with Crippen molar-refractivity contribution < 1.29 is 15.3 Å². The molecule has 0 saturated carbocycles. The molecular formula is C11H15NO3. The molecule has 4 nitrogen and oxygen atoms in total. The molecule has 82 valence electrons. The molecule has 0 saturated heterocycles. The number of phenolic OH excluding ortho intramolecular Hbond substituents is 2. The molecule has 2 atom stereocenters. The monoisotopic (exact) mass is 209 g/mol. The van der Waals surface area contributed by atoms with Gasteiger partial charge in [0, 0.05) is 17.7 Å². The van der Waals surface area contributed by atoms with Crippen molar-refractivity contribution in [1.82, 2.24) is 5.32 Å². The predicted octanol–water partition coefficient (Wildman–Crippen LogP) is 0.665. The lowest BCUT2D eigenvalue weighted by molar-refractivity contribution is 0.118. The number of fused-ring (bicyclic) bond motifs is 1. The Morgan fingerprint density at radius 3 is 2.73 bits per heavy atom.